The summed E-state index contributed by atoms with van der Waals surface area (Å²) in [6.07, 6.45) is 2.14. The second kappa shape index (κ2) is 38.2. The normalized spacial score (nSPS) is 15.7. The van der Waals surface area contributed by atoms with Crippen molar-refractivity contribution < 1.29 is 38.0 Å². The zero-order valence-corrected chi connectivity index (χ0v) is 78.8. The highest BCUT2D eigenvalue weighted by Crippen LogP contribution is 2.46. The minimum atomic E-state index is -1.34. The van der Waals surface area contributed by atoms with Crippen LogP contribution in [0.1, 0.15) is 105 Å². The van der Waals surface area contributed by atoms with E-state index in [1.807, 2.05) is 104 Å². The molecule has 0 unspecified atom stereocenters. The molecule has 0 radical (unpaired) electrons. The van der Waals surface area contributed by atoms with Gasteiger partial charge >= 0.3 is 28.3 Å². The van der Waals surface area contributed by atoms with Crippen molar-refractivity contribution in [3.05, 3.63) is 405 Å². The van der Waals surface area contributed by atoms with E-state index >= 15 is 0 Å². The zero-order chi connectivity index (χ0) is 89.9. The second-order valence-corrected chi connectivity index (χ2v) is 38.4. The van der Waals surface area contributed by atoms with E-state index in [2.05, 4.69) is 360 Å². The Bertz CT molecular complexity index is 6660. The minimum Gasteiger partial charge on any atom is -0.423 e. The molecule has 18 heteroatoms. The van der Waals surface area contributed by atoms with Gasteiger partial charge in [0.05, 0.1) is 55.7 Å². The minimum absolute atomic E-state index is 0.350. The molecule has 0 amide bonds. The third kappa shape index (κ3) is 19.8. The Hall–Kier alpha value is -10.6. The van der Waals surface area contributed by atoms with Crippen LogP contribution in [0.3, 0.4) is 0 Å². The number of benzene rings is 15. The van der Waals surface area contributed by atoms with Gasteiger partial charge in [0.1, 0.15) is 0 Å². The Morgan fingerprint density at radius 2 is 0.594 bits per heavy atom. The lowest BCUT2D eigenvalue weighted by molar-refractivity contribution is 0.00578. The fourth-order valence-corrected chi connectivity index (χ4v) is 17.5. The molecule has 17 aromatic rings. The average molecular weight is 1850 g/mol. The smallest absolute Gasteiger partial charge is 0.423 e. The molecular formula is C110H102B4Br2Cl2N2O8. The van der Waals surface area contributed by atoms with Crippen molar-refractivity contribution in [1.29, 1.82) is 0 Å². The summed E-state index contributed by atoms with van der Waals surface area (Å²) in [6.45, 7) is 24.6. The average Bonchev–Trinajstić information content (AvgIpc) is 1.72. The van der Waals surface area contributed by atoms with E-state index in [4.69, 9.17) is 61.2 Å². The summed E-state index contributed by atoms with van der Waals surface area (Å²) in [5.74, 6) is 0. The third-order valence-electron chi connectivity index (χ3n) is 25.6. The fourth-order valence-electron chi connectivity index (χ4n) is 16.6. The first-order valence-corrected chi connectivity index (χ1v) is 45.8. The first-order valence-electron chi connectivity index (χ1n) is 43.4. The fraction of sp³-hybridized carbons (Fsp3) is 0.182. The zero-order valence-electron chi connectivity index (χ0n) is 74.1. The molecule has 3 aliphatic heterocycles. The Morgan fingerprint density at radius 3 is 1.00 bits per heavy atom. The van der Waals surface area contributed by atoms with Crippen LogP contribution >= 0.6 is 55.1 Å². The van der Waals surface area contributed by atoms with E-state index in [1.165, 1.54) is 126 Å². The third-order valence-corrected chi connectivity index (χ3v) is 27.2. The highest BCUT2D eigenvalue weighted by Gasteiger charge is 2.64. The monoisotopic (exact) mass is 1850 g/mol. The van der Waals surface area contributed by atoms with Crippen LogP contribution in [0.4, 0.5) is 0 Å². The van der Waals surface area contributed by atoms with Crippen LogP contribution < -0.4 is 10.9 Å². The van der Waals surface area contributed by atoms with Gasteiger partial charge in [-0.1, -0.05) is 322 Å². The number of hydrogen-bond acceptors (Lipinski definition) is 8. The first-order chi connectivity index (χ1) is 61.4. The van der Waals surface area contributed by atoms with Crippen molar-refractivity contribution >= 4 is 138 Å². The number of para-hydroxylation sites is 2. The van der Waals surface area contributed by atoms with Gasteiger partial charge in [-0.2, -0.15) is 0 Å². The molecule has 640 valence electrons. The van der Waals surface area contributed by atoms with Gasteiger partial charge in [0.25, 0.3) is 0 Å². The van der Waals surface area contributed by atoms with Crippen molar-refractivity contribution in [3.8, 4) is 67.0 Å². The maximum absolute atomic E-state index is 8.58. The van der Waals surface area contributed by atoms with Crippen LogP contribution in [-0.4, -0.2) is 81.0 Å². The highest BCUT2D eigenvalue weighted by atomic mass is 79.9. The van der Waals surface area contributed by atoms with Crippen LogP contribution in [0.2, 0.25) is 10.0 Å². The van der Waals surface area contributed by atoms with Gasteiger partial charge in [0.15, 0.2) is 0 Å². The maximum Gasteiger partial charge on any atom is 0.494 e. The van der Waals surface area contributed by atoms with Gasteiger partial charge in [-0.05, 0) is 282 Å². The van der Waals surface area contributed by atoms with Crippen molar-refractivity contribution in [2.75, 3.05) is 0 Å². The van der Waals surface area contributed by atoms with Crippen LogP contribution in [0.5, 0.6) is 0 Å². The molecule has 15 aromatic carbocycles. The summed E-state index contributed by atoms with van der Waals surface area (Å²) in [5, 5.41) is 23.7. The first kappa shape index (κ1) is 90.7. The predicted molar refractivity (Wildman–Crippen MR) is 543 cm³/mol. The van der Waals surface area contributed by atoms with Crippen LogP contribution in [0, 0.1) is 0 Å². The van der Waals surface area contributed by atoms with Gasteiger partial charge < -0.3 is 47.1 Å². The largest absolute Gasteiger partial charge is 0.494 e. The maximum atomic E-state index is 8.58. The van der Waals surface area contributed by atoms with E-state index < -0.39 is 21.1 Å². The number of rotatable bonds is 8. The molecule has 2 aromatic heterocycles. The molecule has 0 bridgehead atoms. The highest BCUT2D eigenvalue weighted by molar-refractivity contribution is 9.10. The van der Waals surface area contributed by atoms with Crippen LogP contribution in [-0.2, 0) is 40.8 Å². The predicted octanol–water partition coefficient (Wildman–Crippen LogP) is 27.5. The molecular weight excluding hydrogens is 1750 g/mol. The number of nitrogens with zero attached hydrogens (tertiary/aromatic N) is 2. The van der Waals surface area contributed by atoms with Crippen molar-refractivity contribution in [1.82, 2.24) is 9.13 Å². The van der Waals surface area contributed by atoms with Crippen molar-refractivity contribution in [2.24, 2.45) is 0 Å². The molecule has 2 N–H and O–H groups in total. The topological polar surface area (TPSA) is 106 Å². The molecule has 128 heavy (non-hydrogen) atoms. The Morgan fingerprint density at radius 1 is 0.281 bits per heavy atom. The van der Waals surface area contributed by atoms with E-state index in [1.54, 1.807) is 24.3 Å². The molecule has 0 atom stereocenters. The van der Waals surface area contributed by atoms with Crippen LogP contribution in [0.15, 0.2) is 373 Å². The standard InChI is InChI=1S/C30H28BNO2.C24H16ClN.C19H14.C13H9Br.C12H24B2O4.C6H7BO2.C6H4BrCl/c1-29(2)30(3,4)34-31(33-29)23-15-17-24(18-16-23)32-27-13-9-8-12-25(27)26-19-14-22(20-28(26)32)21-10-6-5-7-11-21;25-19-11-13-20(14-12-19)26-23-9-5-4-8-21(23)22-15-10-18(16-24(22)26)17-6-2-1-3-7-17;1-2-6-14(7-3-1)15-10-11-19-17(12-15)13-16-8-4-5-9-18(16)19;14-11-5-6-13-10(8-11)7-9-3-1-2-4-12(9)13;1-9(2)10(3,4)16-13(15-9)14-17-11(5,6)12(7,8)18-14;8-7(9)6-4-2-1-3-5-6;7-5-1-3-6(8)4-2-5/h5-20H,1-4H3;1-16H;1-12H,13H2;1-6,8H,7H2;1-8H3;1-5,8-9H;1-4H. The number of hydrogen-bond donors (Lipinski definition) is 2. The molecule has 3 fully saturated rings. The van der Waals surface area contributed by atoms with E-state index in [9.17, 15) is 0 Å². The van der Waals surface area contributed by atoms with Gasteiger partial charge in [-0.15, -0.1) is 0 Å². The van der Waals surface area contributed by atoms with Gasteiger partial charge in [-0.3, -0.25) is 0 Å². The molecule has 5 heterocycles. The molecule has 0 saturated carbocycles. The van der Waals surface area contributed by atoms with Crippen molar-refractivity contribution in [2.45, 2.75) is 130 Å². The van der Waals surface area contributed by atoms with Gasteiger partial charge in [0, 0.05) is 51.9 Å². The molecule has 5 aliphatic rings. The summed E-state index contributed by atoms with van der Waals surface area (Å²) >= 11 is 18.5. The second-order valence-electron chi connectivity index (χ2n) is 35.7. The lowest BCUT2D eigenvalue weighted by Crippen LogP contribution is -2.41. The van der Waals surface area contributed by atoms with Gasteiger partial charge in [0.2, 0.25) is 0 Å². The number of halogens is 4. The lowest BCUT2D eigenvalue weighted by atomic mass is 9.49. The lowest BCUT2D eigenvalue weighted by Gasteiger charge is -2.32. The quantitative estimate of drug-likeness (QED) is 0.145. The molecule has 3 saturated heterocycles. The van der Waals surface area contributed by atoms with Crippen molar-refractivity contribution in [3.63, 3.8) is 0 Å². The summed E-state index contributed by atoms with van der Waals surface area (Å²) < 4.78 is 43.3. The molecule has 2 aliphatic carbocycles. The van der Waals surface area contributed by atoms with Crippen LogP contribution in [0.25, 0.3) is 111 Å². The van der Waals surface area contributed by atoms with Gasteiger partial charge in [-0.25, -0.2) is 0 Å². The van der Waals surface area contributed by atoms with E-state index in [-0.39, 0.29) is 40.7 Å². The van der Waals surface area contributed by atoms with E-state index in [0.29, 0.717) is 5.46 Å². The SMILES string of the molecule is Brc1ccc2c(c1)Cc1ccccc1-2.CC1(C)OB(B2OC(C)(C)C(C)(C)O2)OC1(C)C.CC1(C)OB(c2ccc(-n3c4ccccc4c4ccc(-c5ccccc5)cc43)cc2)OC1(C)C.Clc1ccc(-n2c3ccccc3c3ccc(-c4ccccc4)cc32)cc1.Clc1ccc(Br)cc1.OB(O)c1ccccc1.c1ccc(-c2ccc3c(c2)Cc2ccccc2-3)cc1. The summed E-state index contributed by atoms with van der Waals surface area (Å²) in [6, 6.07) is 126. The molecule has 22 rings (SSSR count). The Kier molecular flexibility index (Phi) is 27.1. The summed E-state index contributed by atoms with van der Waals surface area (Å²) in [5.41, 5.74) is 25.3. The number of aromatic nitrogens is 2. The molecule has 0 spiro atoms. The summed E-state index contributed by atoms with van der Waals surface area (Å²) in [4.78, 5) is 0. The number of fused-ring (bicyclic) bond motifs is 12. The molecule has 10 nitrogen and oxygen atoms in total. The summed E-state index contributed by atoms with van der Waals surface area (Å²) in [7, 11) is -2.65. The Labute approximate surface area is 780 Å². The Balaban J connectivity index is 0.000000115. The van der Waals surface area contributed by atoms with E-state index in [0.717, 1.165) is 44.2 Å².